The second kappa shape index (κ2) is 5.91. The lowest BCUT2D eigenvalue weighted by molar-refractivity contribution is -0.130. The standard InChI is InChI=1S/C19H26N2O2/c1-19(12-23-13-19)11-20-18(22)15-10-17(14-6-3-2-4-7-14)21-9-5-8-16(15)21/h2-4,6-7,15-17H,5,8-13H2,1H3,(H,20,22)/t15-,16+,17-/m1/s1. The van der Waals surface area contributed by atoms with Crippen molar-refractivity contribution in [3.63, 3.8) is 0 Å². The van der Waals surface area contributed by atoms with Gasteiger partial charge in [-0.25, -0.2) is 0 Å². The Morgan fingerprint density at radius 3 is 2.83 bits per heavy atom. The van der Waals surface area contributed by atoms with Crippen LogP contribution < -0.4 is 5.32 Å². The average Bonchev–Trinajstić information content (AvgIpc) is 3.13. The van der Waals surface area contributed by atoms with Crippen LogP contribution in [-0.4, -0.2) is 43.2 Å². The monoisotopic (exact) mass is 314 g/mol. The molecule has 1 N–H and O–H groups in total. The number of carbonyl (C=O) groups excluding carboxylic acids is 1. The largest absolute Gasteiger partial charge is 0.380 e. The molecule has 3 fully saturated rings. The maximum Gasteiger partial charge on any atom is 0.224 e. The van der Waals surface area contributed by atoms with Crippen LogP contribution in [0, 0.1) is 11.3 Å². The lowest BCUT2D eigenvalue weighted by atomic mass is 9.88. The van der Waals surface area contributed by atoms with Gasteiger partial charge in [-0.05, 0) is 31.4 Å². The molecule has 3 aliphatic rings. The van der Waals surface area contributed by atoms with Crippen LogP contribution in [0.3, 0.4) is 0 Å². The number of hydrogen-bond donors (Lipinski definition) is 1. The maximum absolute atomic E-state index is 12.8. The zero-order valence-electron chi connectivity index (χ0n) is 13.8. The topological polar surface area (TPSA) is 41.6 Å². The van der Waals surface area contributed by atoms with E-state index in [0.717, 1.165) is 39.1 Å². The van der Waals surface area contributed by atoms with Gasteiger partial charge >= 0.3 is 0 Å². The maximum atomic E-state index is 12.8. The van der Waals surface area contributed by atoms with Crippen LogP contribution >= 0.6 is 0 Å². The smallest absolute Gasteiger partial charge is 0.224 e. The summed E-state index contributed by atoms with van der Waals surface area (Å²) in [6, 6.07) is 11.5. The van der Waals surface area contributed by atoms with E-state index in [1.54, 1.807) is 0 Å². The van der Waals surface area contributed by atoms with E-state index in [0.29, 0.717) is 12.1 Å². The Balaban J connectivity index is 1.45. The van der Waals surface area contributed by atoms with Gasteiger partial charge in [-0.3, -0.25) is 9.69 Å². The van der Waals surface area contributed by atoms with Gasteiger partial charge in [0, 0.05) is 24.0 Å². The zero-order valence-corrected chi connectivity index (χ0v) is 13.8. The number of benzene rings is 1. The molecule has 1 aromatic carbocycles. The highest BCUT2D eigenvalue weighted by molar-refractivity contribution is 5.80. The first-order chi connectivity index (χ1) is 11.2. The molecule has 3 heterocycles. The Kier molecular flexibility index (Phi) is 3.90. The molecule has 4 nitrogen and oxygen atoms in total. The van der Waals surface area contributed by atoms with Gasteiger partial charge in [-0.2, -0.15) is 0 Å². The lowest BCUT2D eigenvalue weighted by Gasteiger charge is -2.38. The molecule has 124 valence electrons. The normalized spacial score (nSPS) is 32.3. The van der Waals surface area contributed by atoms with Crippen LogP contribution in [-0.2, 0) is 9.53 Å². The van der Waals surface area contributed by atoms with E-state index >= 15 is 0 Å². The van der Waals surface area contributed by atoms with Crippen molar-refractivity contribution in [1.29, 1.82) is 0 Å². The number of hydrogen-bond acceptors (Lipinski definition) is 3. The first-order valence-electron chi connectivity index (χ1n) is 8.82. The minimum absolute atomic E-state index is 0.132. The second-order valence-electron chi connectivity index (χ2n) is 7.74. The van der Waals surface area contributed by atoms with Gasteiger partial charge in [-0.15, -0.1) is 0 Å². The van der Waals surface area contributed by atoms with Crippen LogP contribution in [0.1, 0.15) is 37.8 Å². The van der Waals surface area contributed by atoms with Gasteiger partial charge in [0.2, 0.25) is 5.91 Å². The number of ether oxygens (including phenoxy) is 1. The van der Waals surface area contributed by atoms with Crippen LogP contribution in [0.4, 0.5) is 0 Å². The summed E-state index contributed by atoms with van der Waals surface area (Å²) in [6.07, 6.45) is 3.32. The van der Waals surface area contributed by atoms with Crippen molar-refractivity contribution in [2.24, 2.45) is 11.3 Å². The van der Waals surface area contributed by atoms with Crippen LogP contribution in [0.5, 0.6) is 0 Å². The number of rotatable bonds is 4. The Labute approximate surface area is 138 Å². The third kappa shape index (κ3) is 2.79. The predicted molar refractivity (Wildman–Crippen MR) is 89.0 cm³/mol. The van der Waals surface area contributed by atoms with Crippen LogP contribution in [0.2, 0.25) is 0 Å². The van der Waals surface area contributed by atoms with Crippen LogP contribution in [0.25, 0.3) is 0 Å². The summed E-state index contributed by atoms with van der Waals surface area (Å²) in [6.45, 7) is 5.57. The highest BCUT2D eigenvalue weighted by Gasteiger charge is 2.47. The van der Waals surface area contributed by atoms with E-state index in [9.17, 15) is 4.79 Å². The highest BCUT2D eigenvalue weighted by Crippen LogP contribution is 2.44. The van der Waals surface area contributed by atoms with Gasteiger partial charge in [0.15, 0.2) is 0 Å². The van der Waals surface area contributed by atoms with Crippen molar-refractivity contribution in [1.82, 2.24) is 10.2 Å². The zero-order chi connectivity index (χ0) is 15.9. The Morgan fingerprint density at radius 1 is 1.35 bits per heavy atom. The molecule has 4 rings (SSSR count). The summed E-state index contributed by atoms with van der Waals surface area (Å²) >= 11 is 0. The molecular weight excluding hydrogens is 288 g/mol. The van der Waals surface area contributed by atoms with E-state index in [1.165, 1.54) is 12.0 Å². The Morgan fingerprint density at radius 2 is 2.13 bits per heavy atom. The quantitative estimate of drug-likeness (QED) is 0.927. The molecule has 0 spiro atoms. The number of amides is 1. The van der Waals surface area contributed by atoms with Crippen molar-refractivity contribution in [3.8, 4) is 0 Å². The van der Waals surface area contributed by atoms with E-state index in [-0.39, 0.29) is 17.2 Å². The molecule has 3 aliphatic heterocycles. The average molecular weight is 314 g/mol. The van der Waals surface area contributed by atoms with Crippen LogP contribution in [0.15, 0.2) is 30.3 Å². The summed E-state index contributed by atoms with van der Waals surface area (Å²) < 4.78 is 5.28. The molecule has 0 unspecified atom stereocenters. The van der Waals surface area contributed by atoms with Crippen molar-refractivity contribution in [2.75, 3.05) is 26.3 Å². The number of carbonyl (C=O) groups is 1. The number of fused-ring (bicyclic) bond motifs is 1. The Hall–Kier alpha value is -1.39. The highest BCUT2D eigenvalue weighted by atomic mass is 16.5. The molecule has 4 heteroatoms. The van der Waals surface area contributed by atoms with Crippen molar-refractivity contribution < 1.29 is 9.53 Å². The molecular formula is C19H26N2O2. The summed E-state index contributed by atoms with van der Waals surface area (Å²) in [5.74, 6) is 0.376. The molecule has 0 radical (unpaired) electrons. The minimum Gasteiger partial charge on any atom is -0.380 e. The molecule has 0 bridgehead atoms. The third-order valence-electron chi connectivity index (χ3n) is 5.80. The molecule has 1 aromatic rings. The van der Waals surface area contributed by atoms with Crippen molar-refractivity contribution >= 4 is 5.91 Å². The van der Waals surface area contributed by atoms with Gasteiger partial charge in [0.25, 0.3) is 0 Å². The van der Waals surface area contributed by atoms with E-state index in [1.807, 2.05) is 0 Å². The fourth-order valence-electron chi connectivity index (χ4n) is 4.44. The fourth-order valence-corrected chi connectivity index (χ4v) is 4.44. The molecule has 3 saturated heterocycles. The molecule has 0 saturated carbocycles. The molecule has 0 aliphatic carbocycles. The van der Waals surface area contributed by atoms with Crippen molar-refractivity contribution in [2.45, 2.75) is 38.3 Å². The molecule has 1 amide bonds. The van der Waals surface area contributed by atoms with E-state index in [2.05, 4.69) is 47.5 Å². The minimum atomic E-state index is 0.132. The molecule has 3 atom stereocenters. The predicted octanol–water partition coefficient (Wildman–Crippen LogP) is 2.36. The summed E-state index contributed by atoms with van der Waals surface area (Å²) in [5, 5.41) is 3.21. The van der Waals surface area contributed by atoms with E-state index in [4.69, 9.17) is 4.74 Å². The van der Waals surface area contributed by atoms with Gasteiger partial charge < -0.3 is 10.1 Å². The Bertz CT molecular complexity index is 570. The van der Waals surface area contributed by atoms with Gasteiger partial charge in [0.05, 0.1) is 19.1 Å². The summed E-state index contributed by atoms with van der Waals surface area (Å²) in [4.78, 5) is 15.3. The number of nitrogens with one attached hydrogen (secondary N) is 1. The third-order valence-corrected chi connectivity index (χ3v) is 5.80. The second-order valence-corrected chi connectivity index (χ2v) is 7.74. The van der Waals surface area contributed by atoms with Gasteiger partial charge in [-0.1, -0.05) is 37.3 Å². The fraction of sp³-hybridized carbons (Fsp3) is 0.632. The summed E-state index contributed by atoms with van der Waals surface area (Å²) in [7, 11) is 0. The number of nitrogens with zero attached hydrogens (tertiary/aromatic N) is 1. The van der Waals surface area contributed by atoms with E-state index < -0.39 is 0 Å². The lowest BCUT2D eigenvalue weighted by Crippen LogP contribution is -2.50. The first kappa shape index (κ1) is 15.2. The summed E-state index contributed by atoms with van der Waals surface area (Å²) in [5.41, 5.74) is 1.50. The van der Waals surface area contributed by atoms with Gasteiger partial charge in [0.1, 0.15) is 0 Å². The molecule has 23 heavy (non-hydrogen) atoms. The van der Waals surface area contributed by atoms with Crippen molar-refractivity contribution in [3.05, 3.63) is 35.9 Å². The SMILES string of the molecule is CC1(CNC(=O)[C@@H]2C[C@H](c3ccccc3)N3CCC[C@@H]23)COC1. The molecule has 0 aromatic heterocycles. The first-order valence-corrected chi connectivity index (χ1v) is 8.82.